The highest BCUT2D eigenvalue weighted by Gasteiger charge is 2.09. The molecular weight excluding hydrogens is 168 g/mol. The van der Waals surface area contributed by atoms with E-state index in [1.54, 1.807) is 0 Å². The van der Waals surface area contributed by atoms with Crippen molar-refractivity contribution in [1.29, 1.82) is 0 Å². The maximum atomic E-state index is 4.39. The SMILES string of the molecule is CC(C)C(C)N/N=C1\CCSC1. The second kappa shape index (κ2) is 4.75. The van der Waals surface area contributed by atoms with Gasteiger partial charge in [-0.15, -0.1) is 0 Å². The van der Waals surface area contributed by atoms with Gasteiger partial charge in [-0.3, -0.25) is 0 Å². The standard InChI is InChI=1S/C9H18N2S/c1-7(2)8(3)10-11-9-4-5-12-6-9/h7-8,10H,4-6H2,1-3H3/b11-9+. The van der Waals surface area contributed by atoms with Crippen LogP contribution in [0.25, 0.3) is 0 Å². The normalized spacial score (nSPS) is 23.5. The summed E-state index contributed by atoms with van der Waals surface area (Å²) in [6, 6.07) is 0.489. The Bertz CT molecular complexity index is 158. The minimum absolute atomic E-state index is 0.489. The summed E-state index contributed by atoms with van der Waals surface area (Å²) in [5.41, 5.74) is 4.53. The third-order valence-corrected chi connectivity index (χ3v) is 3.26. The van der Waals surface area contributed by atoms with E-state index in [9.17, 15) is 0 Å². The zero-order valence-corrected chi connectivity index (χ0v) is 8.95. The van der Waals surface area contributed by atoms with Crippen LogP contribution in [0, 0.1) is 5.92 Å². The van der Waals surface area contributed by atoms with Gasteiger partial charge in [-0.25, -0.2) is 0 Å². The molecule has 2 nitrogen and oxygen atoms in total. The van der Waals surface area contributed by atoms with E-state index in [-0.39, 0.29) is 0 Å². The van der Waals surface area contributed by atoms with Crippen LogP contribution in [0.5, 0.6) is 0 Å². The lowest BCUT2D eigenvalue weighted by Crippen LogP contribution is -2.27. The van der Waals surface area contributed by atoms with Crippen LogP contribution in [0.4, 0.5) is 0 Å². The molecule has 0 aromatic rings. The molecule has 1 rings (SSSR count). The number of nitrogens with zero attached hydrogens (tertiary/aromatic N) is 1. The molecule has 1 N–H and O–H groups in total. The van der Waals surface area contributed by atoms with Crippen molar-refractivity contribution in [1.82, 2.24) is 5.43 Å². The summed E-state index contributed by atoms with van der Waals surface area (Å²) in [5.74, 6) is 3.03. The summed E-state index contributed by atoms with van der Waals surface area (Å²) in [7, 11) is 0. The summed E-state index contributed by atoms with van der Waals surface area (Å²) in [5, 5.41) is 4.39. The Kier molecular flexibility index (Phi) is 3.92. The predicted octanol–water partition coefficient (Wildman–Crippen LogP) is 2.11. The molecule has 0 amide bonds. The van der Waals surface area contributed by atoms with Gasteiger partial charge in [-0.2, -0.15) is 16.9 Å². The second-order valence-electron chi connectivity index (χ2n) is 3.64. The maximum absolute atomic E-state index is 4.39. The van der Waals surface area contributed by atoms with Crippen LogP contribution in [-0.4, -0.2) is 23.3 Å². The minimum atomic E-state index is 0.489. The van der Waals surface area contributed by atoms with Gasteiger partial charge in [-0.05, 0) is 25.0 Å². The number of thioether (sulfide) groups is 1. The van der Waals surface area contributed by atoms with E-state index < -0.39 is 0 Å². The average molecular weight is 186 g/mol. The van der Waals surface area contributed by atoms with Gasteiger partial charge in [0.15, 0.2) is 0 Å². The van der Waals surface area contributed by atoms with Crippen LogP contribution >= 0.6 is 11.8 Å². The molecule has 1 unspecified atom stereocenters. The van der Waals surface area contributed by atoms with Crippen molar-refractivity contribution in [3.8, 4) is 0 Å². The number of hydrazone groups is 1. The quantitative estimate of drug-likeness (QED) is 0.683. The molecule has 1 atom stereocenters. The van der Waals surface area contributed by atoms with Gasteiger partial charge < -0.3 is 5.43 Å². The van der Waals surface area contributed by atoms with Gasteiger partial charge in [0, 0.05) is 17.5 Å². The highest BCUT2D eigenvalue weighted by Crippen LogP contribution is 2.14. The molecule has 0 spiro atoms. The molecule has 1 fully saturated rings. The monoisotopic (exact) mass is 186 g/mol. The van der Waals surface area contributed by atoms with Crippen molar-refractivity contribution in [2.24, 2.45) is 11.0 Å². The Morgan fingerprint density at radius 2 is 2.17 bits per heavy atom. The van der Waals surface area contributed by atoms with Crippen LogP contribution in [0.3, 0.4) is 0 Å². The van der Waals surface area contributed by atoms with Gasteiger partial charge in [0.25, 0.3) is 0 Å². The van der Waals surface area contributed by atoms with Gasteiger partial charge in [0.05, 0.1) is 0 Å². The summed E-state index contributed by atoms with van der Waals surface area (Å²) in [6.07, 6.45) is 1.17. The Labute approximate surface area is 79.2 Å². The predicted molar refractivity (Wildman–Crippen MR) is 56.8 cm³/mol. The first-order valence-electron chi connectivity index (χ1n) is 4.59. The number of hydrogen-bond acceptors (Lipinski definition) is 3. The van der Waals surface area contributed by atoms with Crippen molar-refractivity contribution in [3.05, 3.63) is 0 Å². The van der Waals surface area contributed by atoms with E-state index in [1.807, 2.05) is 11.8 Å². The van der Waals surface area contributed by atoms with Gasteiger partial charge in [0.1, 0.15) is 0 Å². The van der Waals surface area contributed by atoms with E-state index in [2.05, 4.69) is 31.3 Å². The molecule has 0 aromatic carbocycles. The molecular formula is C9H18N2S. The Morgan fingerprint density at radius 3 is 2.67 bits per heavy atom. The van der Waals surface area contributed by atoms with Crippen molar-refractivity contribution < 1.29 is 0 Å². The molecule has 12 heavy (non-hydrogen) atoms. The zero-order chi connectivity index (χ0) is 8.97. The molecule has 0 aromatic heterocycles. The molecule has 1 aliphatic rings. The summed E-state index contributed by atoms with van der Waals surface area (Å²) >= 11 is 1.97. The highest BCUT2D eigenvalue weighted by atomic mass is 32.2. The number of hydrogen-bond donors (Lipinski definition) is 1. The molecule has 0 radical (unpaired) electrons. The topological polar surface area (TPSA) is 24.4 Å². The van der Waals surface area contributed by atoms with Gasteiger partial charge in [-0.1, -0.05) is 13.8 Å². The third kappa shape index (κ3) is 3.05. The molecule has 70 valence electrons. The fourth-order valence-electron chi connectivity index (χ4n) is 0.882. The third-order valence-electron chi connectivity index (χ3n) is 2.23. The lowest BCUT2D eigenvalue weighted by atomic mass is 10.1. The zero-order valence-electron chi connectivity index (χ0n) is 8.13. The molecule has 1 heterocycles. The largest absolute Gasteiger partial charge is 0.307 e. The molecule has 0 saturated carbocycles. The molecule has 0 bridgehead atoms. The maximum Gasteiger partial charge on any atom is 0.0485 e. The highest BCUT2D eigenvalue weighted by molar-refractivity contribution is 8.00. The van der Waals surface area contributed by atoms with E-state index in [1.165, 1.54) is 17.9 Å². The van der Waals surface area contributed by atoms with Crippen LogP contribution in [-0.2, 0) is 0 Å². The van der Waals surface area contributed by atoms with Crippen molar-refractivity contribution in [2.75, 3.05) is 11.5 Å². The number of rotatable bonds is 3. The summed E-state index contributed by atoms with van der Waals surface area (Å²) in [6.45, 7) is 6.60. The van der Waals surface area contributed by atoms with Crippen molar-refractivity contribution >= 4 is 17.5 Å². The Hall–Kier alpha value is -0.180. The van der Waals surface area contributed by atoms with Crippen LogP contribution in [0.15, 0.2) is 5.10 Å². The summed E-state index contributed by atoms with van der Waals surface area (Å²) in [4.78, 5) is 0. The lowest BCUT2D eigenvalue weighted by molar-refractivity contribution is 0.438. The fourth-order valence-corrected chi connectivity index (χ4v) is 1.85. The first kappa shape index (κ1) is 9.90. The van der Waals surface area contributed by atoms with E-state index >= 15 is 0 Å². The first-order valence-corrected chi connectivity index (χ1v) is 5.74. The number of nitrogens with one attached hydrogen (secondary N) is 1. The van der Waals surface area contributed by atoms with E-state index in [0.29, 0.717) is 12.0 Å². The molecule has 1 aliphatic heterocycles. The van der Waals surface area contributed by atoms with Gasteiger partial charge in [0.2, 0.25) is 0 Å². The van der Waals surface area contributed by atoms with Crippen molar-refractivity contribution in [2.45, 2.75) is 33.2 Å². The Morgan fingerprint density at radius 1 is 1.42 bits per heavy atom. The van der Waals surface area contributed by atoms with Crippen molar-refractivity contribution in [3.63, 3.8) is 0 Å². The van der Waals surface area contributed by atoms with Gasteiger partial charge >= 0.3 is 0 Å². The van der Waals surface area contributed by atoms with Crippen LogP contribution < -0.4 is 5.43 Å². The van der Waals surface area contributed by atoms with Crippen LogP contribution in [0.1, 0.15) is 27.2 Å². The summed E-state index contributed by atoms with van der Waals surface area (Å²) < 4.78 is 0. The first-order chi connectivity index (χ1) is 5.70. The minimum Gasteiger partial charge on any atom is -0.307 e. The van der Waals surface area contributed by atoms with Crippen LogP contribution in [0.2, 0.25) is 0 Å². The lowest BCUT2D eigenvalue weighted by Gasteiger charge is -2.14. The Balaban J connectivity index is 2.27. The molecule has 1 saturated heterocycles. The smallest absolute Gasteiger partial charge is 0.0485 e. The van der Waals surface area contributed by atoms with E-state index in [0.717, 1.165) is 5.75 Å². The second-order valence-corrected chi connectivity index (χ2v) is 4.75. The van der Waals surface area contributed by atoms with E-state index in [4.69, 9.17) is 0 Å². The fraction of sp³-hybridized carbons (Fsp3) is 0.889. The molecule has 0 aliphatic carbocycles. The average Bonchev–Trinajstić information content (AvgIpc) is 2.51. The molecule has 3 heteroatoms.